The topological polar surface area (TPSA) is 9.14 Å². The molecule has 0 unspecified atom stereocenters. The van der Waals surface area contributed by atoms with E-state index in [4.69, 9.17) is 0 Å². The highest BCUT2D eigenvalue weighted by Crippen LogP contribution is 2.29. The van der Waals surface area contributed by atoms with Crippen molar-refractivity contribution in [2.75, 3.05) is 11.6 Å². The second kappa shape index (κ2) is 6.92. The molecule has 3 rings (SSSR count). The Morgan fingerprint density at radius 3 is 1.45 bits per heavy atom. The predicted octanol–water partition coefficient (Wildman–Crippen LogP) is 5.23. The van der Waals surface area contributed by atoms with Crippen molar-refractivity contribution < 1.29 is 0 Å². The minimum absolute atomic E-state index is 0.883. The van der Waals surface area contributed by atoms with Crippen molar-refractivity contribution in [1.29, 1.82) is 0 Å². The van der Waals surface area contributed by atoms with Gasteiger partial charge in [-0.2, -0.15) is 5.01 Å². The molecule has 0 saturated carbocycles. The molecule has 109 valence electrons. The van der Waals surface area contributed by atoms with Crippen LogP contribution in [0.1, 0.15) is 6.92 Å². The van der Waals surface area contributed by atoms with Crippen LogP contribution in [0.25, 0.3) is 0 Å². The summed E-state index contributed by atoms with van der Waals surface area (Å²) in [6.07, 6.45) is 0. The maximum Gasteiger partial charge on any atom is 0.216 e. The molecule has 0 aromatic heterocycles. The van der Waals surface area contributed by atoms with Gasteiger partial charge in [0.15, 0.2) is 0 Å². The van der Waals surface area contributed by atoms with Crippen LogP contribution >= 0.6 is 0 Å². The molecule has 0 fully saturated rings. The smallest absolute Gasteiger partial charge is 0.164 e. The molecular formula is C20H20N2+. The molecule has 0 spiro atoms. The van der Waals surface area contributed by atoms with E-state index in [1.165, 1.54) is 5.69 Å². The van der Waals surface area contributed by atoms with Gasteiger partial charge in [0, 0.05) is 29.3 Å². The van der Waals surface area contributed by atoms with Crippen molar-refractivity contribution in [3.05, 3.63) is 91.0 Å². The summed E-state index contributed by atoms with van der Waals surface area (Å²) in [6, 6.07) is 31.4. The predicted molar refractivity (Wildman–Crippen MR) is 93.8 cm³/mol. The van der Waals surface area contributed by atoms with Gasteiger partial charge < -0.3 is 0 Å². The molecule has 0 heterocycles. The molecule has 0 aliphatic rings. The summed E-state index contributed by atoms with van der Waals surface area (Å²) < 4.78 is 0. The number of benzene rings is 3. The molecule has 0 N–H and O–H groups in total. The summed E-state index contributed by atoms with van der Waals surface area (Å²) >= 11 is 0. The van der Waals surface area contributed by atoms with E-state index < -0.39 is 0 Å². The Hall–Kier alpha value is -2.58. The lowest BCUT2D eigenvalue weighted by Crippen LogP contribution is -2.40. The van der Waals surface area contributed by atoms with Gasteiger partial charge in [-0.05, 0) is 19.1 Å². The molecule has 0 aliphatic carbocycles. The molecule has 0 atom stereocenters. The molecule has 0 bridgehead atoms. The molecular weight excluding hydrogens is 268 g/mol. The van der Waals surface area contributed by atoms with E-state index in [9.17, 15) is 0 Å². The molecule has 3 aromatic carbocycles. The van der Waals surface area contributed by atoms with Gasteiger partial charge in [0.1, 0.15) is 0 Å². The SMILES string of the molecule is CCN(c1ccccc1)[N+](c1ccccc1)c1ccccc1. The van der Waals surface area contributed by atoms with Crippen LogP contribution in [0.3, 0.4) is 0 Å². The molecule has 0 aliphatic heterocycles. The number of hydrogen-bond donors (Lipinski definition) is 0. The van der Waals surface area contributed by atoms with Crippen LogP contribution in [0, 0.1) is 0 Å². The Kier molecular flexibility index (Phi) is 4.52. The average molecular weight is 288 g/mol. The average Bonchev–Trinajstić information content (AvgIpc) is 2.62. The van der Waals surface area contributed by atoms with E-state index in [2.05, 4.69) is 89.7 Å². The van der Waals surface area contributed by atoms with Crippen LogP contribution in [-0.2, 0) is 0 Å². The molecule has 2 nitrogen and oxygen atoms in total. The lowest BCUT2D eigenvalue weighted by Gasteiger charge is -2.24. The van der Waals surface area contributed by atoms with Crippen LogP contribution in [-0.4, -0.2) is 6.54 Å². The van der Waals surface area contributed by atoms with E-state index in [-0.39, 0.29) is 0 Å². The van der Waals surface area contributed by atoms with Crippen molar-refractivity contribution in [3.63, 3.8) is 0 Å². The molecule has 0 amide bonds. The van der Waals surface area contributed by atoms with Crippen LogP contribution in [0.15, 0.2) is 91.0 Å². The van der Waals surface area contributed by atoms with Crippen LogP contribution in [0.4, 0.5) is 17.1 Å². The fourth-order valence-electron chi connectivity index (χ4n) is 2.61. The van der Waals surface area contributed by atoms with Crippen molar-refractivity contribution in [2.45, 2.75) is 6.92 Å². The van der Waals surface area contributed by atoms with Crippen molar-refractivity contribution in [1.82, 2.24) is 5.01 Å². The van der Waals surface area contributed by atoms with Crippen LogP contribution < -0.4 is 10.0 Å². The molecule has 2 heteroatoms. The molecule has 0 saturated heterocycles. The van der Waals surface area contributed by atoms with Gasteiger partial charge in [-0.25, -0.2) is 0 Å². The summed E-state index contributed by atoms with van der Waals surface area (Å²) in [5.41, 5.74) is 3.48. The van der Waals surface area contributed by atoms with Crippen molar-refractivity contribution in [2.24, 2.45) is 0 Å². The number of rotatable bonds is 5. The van der Waals surface area contributed by atoms with Gasteiger partial charge in [-0.1, -0.05) is 54.6 Å². The Balaban J connectivity index is 2.09. The summed E-state index contributed by atoms with van der Waals surface area (Å²) in [5, 5.41) is 4.54. The Bertz CT molecular complexity index is 641. The van der Waals surface area contributed by atoms with E-state index in [0.29, 0.717) is 0 Å². The first-order valence-corrected chi connectivity index (χ1v) is 7.63. The second-order valence-corrected chi connectivity index (χ2v) is 5.03. The van der Waals surface area contributed by atoms with E-state index in [1.54, 1.807) is 0 Å². The second-order valence-electron chi connectivity index (χ2n) is 5.03. The molecule has 22 heavy (non-hydrogen) atoms. The van der Waals surface area contributed by atoms with Gasteiger partial charge in [-0.15, -0.1) is 0 Å². The lowest BCUT2D eigenvalue weighted by atomic mass is 10.2. The van der Waals surface area contributed by atoms with E-state index in [1.807, 2.05) is 18.2 Å². The van der Waals surface area contributed by atoms with E-state index in [0.717, 1.165) is 17.9 Å². The maximum atomic E-state index is 2.28. The number of nitrogens with zero attached hydrogens (tertiary/aromatic N) is 2. The summed E-state index contributed by atoms with van der Waals surface area (Å²) in [5.74, 6) is 0. The van der Waals surface area contributed by atoms with Crippen molar-refractivity contribution >= 4 is 17.1 Å². The van der Waals surface area contributed by atoms with Gasteiger partial charge in [-0.3, -0.25) is 0 Å². The standard InChI is InChI=1S/C20H20N2/c1-2-21(18-12-6-3-7-13-18)22(19-14-8-4-9-15-19)20-16-10-5-11-17-20/h3-17H,2H2,1H3/q+1. The van der Waals surface area contributed by atoms with E-state index >= 15 is 0 Å². The Morgan fingerprint density at radius 1 is 0.636 bits per heavy atom. The zero-order valence-corrected chi connectivity index (χ0v) is 12.8. The van der Waals surface area contributed by atoms with Gasteiger partial charge in [0.2, 0.25) is 11.4 Å². The van der Waals surface area contributed by atoms with Crippen LogP contribution in [0.2, 0.25) is 0 Å². The third-order valence-corrected chi connectivity index (χ3v) is 3.60. The number of hydrogen-bond acceptors (Lipinski definition) is 2. The van der Waals surface area contributed by atoms with Gasteiger partial charge in [0.05, 0.1) is 12.2 Å². The highest BCUT2D eigenvalue weighted by atomic mass is 15.6. The maximum absolute atomic E-state index is 2.28. The first-order valence-electron chi connectivity index (χ1n) is 7.63. The highest BCUT2D eigenvalue weighted by Gasteiger charge is 2.30. The molecule has 1 radical (unpaired) electrons. The number of para-hydroxylation sites is 3. The minimum Gasteiger partial charge on any atom is -0.164 e. The Morgan fingerprint density at radius 2 is 1.05 bits per heavy atom. The monoisotopic (exact) mass is 288 g/mol. The minimum atomic E-state index is 0.883. The normalized spacial score (nSPS) is 10.6. The third kappa shape index (κ3) is 3.02. The number of hydrazine groups is 1. The number of anilines is 3. The largest absolute Gasteiger partial charge is 0.216 e. The zero-order valence-electron chi connectivity index (χ0n) is 12.8. The summed E-state index contributed by atoms with van der Waals surface area (Å²) in [7, 11) is 0. The van der Waals surface area contributed by atoms with Gasteiger partial charge >= 0.3 is 0 Å². The lowest BCUT2D eigenvalue weighted by molar-refractivity contribution is 0.626. The Labute approximate surface area is 132 Å². The summed E-state index contributed by atoms with van der Waals surface area (Å²) in [4.78, 5) is 0. The molecule has 3 aromatic rings. The first-order chi connectivity index (χ1) is 10.9. The quantitative estimate of drug-likeness (QED) is 0.461. The van der Waals surface area contributed by atoms with Gasteiger partial charge in [0.25, 0.3) is 0 Å². The van der Waals surface area contributed by atoms with Crippen molar-refractivity contribution in [3.8, 4) is 0 Å². The summed E-state index contributed by atoms with van der Waals surface area (Å²) in [6.45, 7) is 3.06. The van der Waals surface area contributed by atoms with Crippen LogP contribution in [0.5, 0.6) is 0 Å². The fraction of sp³-hybridized carbons (Fsp3) is 0.100. The third-order valence-electron chi connectivity index (χ3n) is 3.60. The first kappa shape index (κ1) is 14.4. The zero-order chi connectivity index (χ0) is 15.2. The fourth-order valence-corrected chi connectivity index (χ4v) is 2.61. The highest BCUT2D eigenvalue weighted by molar-refractivity contribution is 5.60.